The summed E-state index contributed by atoms with van der Waals surface area (Å²) >= 11 is -1.68. The normalized spacial score (nSPS) is 24.2. The Morgan fingerprint density at radius 3 is 2.53 bits per heavy atom. The molecule has 0 bridgehead atoms. The Kier molecular flexibility index (Phi) is 4.47. The number of hydrogen-bond donors (Lipinski definition) is 0. The molecule has 19 heavy (non-hydrogen) atoms. The zero-order valence-electron chi connectivity index (χ0n) is 10.7. The fraction of sp³-hybridized carbons (Fsp3) is 0.250. The van der Waals surface area contributed by atoms with Crippen molar-refractivity contribution in [2.75, 3.05) is 0 Å². The topological polar surface area (TPSA) is 0 Å². The molecule has 1 aromatic carbocycles. The Morgan fingerprint density at radius 1 is 1.05 bits per heavy atom. The molecule has 0 nitrogen and oxygen atoms in total. The molecule has 0 amide bonds. The van der Waals surface area contributed by atoms with Gasteiger partial charge >= 0.3 is 106 Å². The van der Waals surface area contributed by atoms with Crippen LogP contribution in [0.3, 0.4) is 0 Å². The third-order valence-electron chi connectivity index (χ3n) is 4.59. The van der Waals surface area contributed by atoms with Crippen molar-refractivity contribution in [1.82, 2.24) is 0 Å². The van der Waals surface area contributed by atoms with Crippen LogP contribution < -0.4 is 0 Å². The molecule has 1 fully saturated rings. The van der Waals surface area contributed by atoms with Gasteiger partial charge in [0.05, 0.1) is 0 Å². The minimum absolute atomic E-state index is 0. The number of allylic oxidation sites excluding steroid dienone is 5. The SMILES string of the molecule is C1=CC[C]([Ti]2([CH]3C=Cc4ccccc43)[CH2][CH2]2)=C1.Cl.Cl. The van der Waals surface area contributed by atoms with Crippen molar-refractivity contribution in [3.8, 4) is 0 Å². The first-order chi connectivity index (χ1) is 8.40. The second-order valence-corrected chi connectivity index (χ2v) is 12.6. The average molecular weight is 329 g/mol. The summed E-state index contributed by atoms with van der Waals surface area (Å²) in [5.74, 6) is 0. The molecule has 0 aromatic heterocycles. The monoisotopic (exact) mass is 328 g/mol. The van der Waals surface area contributed by atoms with Gasteiger partial charge < -0.3 is 0 Å². The van der Waals surface area contributed by atoms with Crippen LogP contribution in [0, 0.1) is 0 Å². The molecule has 100 valence electrons. The fourth-order valence-corrected chi connectivity index (χ4v) is 11.8. The predicted octanol–water partition coefficient (Wildman–Crippen LogP) is 5.45. The van der Waals surface area contributed by atoms with Crippen LogP contribution in [0.5, 0.6) is 0 Å². The van der Waals surface area contributed by atoms with Crippen LogP contribution in [0.25, 0.3) is 6.08 Å². The van der Waals surface area contributed by atoms with Crippen molar-refractivity contribution >= 4 is 30.9 Å². The standard InChI is InChI=1S/C9H7.C5H5.C2H4.2ClH.Ti/c1-2-5-9-7-3-6-8(9)4-1;1-2-4-5-3-1;1-2;;;/h1-7H;1-3H,4H2;1-2H2;2*1H;. The third kappa shape index (κ3) is 2.30. The molecule has 1 aromatic rings. The van der Waals surface area contributed by atoms with Crippen molar-refractivity contribution in [3.05, 3.63) is 63.6 Å². The molecule has 1 unspecified atom stereocenters. The first-order valence-electron chi connectivity index (χ1n) is 6.53. The van der Waals surface area contributed by atoms with Gasteiger partial charge in [0.15, 0.2) is 0 Å². The minimum atomic E-state index is -1.68. The number of benzene rings is 1. The van der Waals surface area contributed by atoms with E-state index in [0.29, 0.717) is 0 Å². The number of fused-ring (bicyclic) bond motifs is 1. The maximum absolute atomic E-state index is 2.51. The van der Waals surface area contributed by atoms with Crippen molar-refractivity contribution in [2.45, 2.75) is 20.1 Å². The second-order valence-electron chi connectivity index (χ2n) is 5.45. The molecule has 0 radical (unpaired) electrons. The maximum atomic E-state index is 2.51. The molecule has 1 aliphatic heterocycles. The summed E-state index contributed by atoms with van der Waals surface area (Å²) in [4.78, 5) is 0. The summed E-state index contributed by atoms with van der Waals surface area (Å²) in [6.45, 7) is 0. The molecule has 0 saturated carbocycles. The second kappa shape index (κ2) is 5.62. The van der Waals surface area contributed by atoms with Gasteiger partial charge in [0, 0.05) is 0 Å². The zero-order valence-corrected chi connectivity index (χ0v) is 13.9. The molecule has 1 saturated heterocycles. The average Bonchev–Trinajstić information content (AvgIpc) is 2.85. The van der Waals surface area contributed by atoms with E-state index in [1.807, 2.05) is 3.88 Å². The van der Waals surface area contributed by atoms with E-state index in [1.165, 1.54) is 12.0 Å². The van der Waals surface area contributed by atoms with Crippen LogP contribution in [-0.2, 0) is 16.6 Å². The van der Waals surface area contributed by atoms with Gasteiger partial charge in [-0.25, -0.2) is 0 Å². The van der Waals surface area contributed by atoms with Crippen LogP contribution in [0.4, 0.5) is 0 Å². The zero-order chi connectivity index (χ0) is 11.3. The van der Waals surface area contributed by atoms with E-state index < -0.39 is 16.6 Å². The third-order valence-corrected chi connectivity index (χ3v) is 12.3. The van der Waals surface area contributed by atoms with E-state index in [0.717, 1.165) is 4.22 Å². The van der Waals surface area contributed by atoms with Gasteiger partial charge in [0.1, 0.15) is 0 Å². The summed E-state index contributed by atoms with van der Waals surface area (Å²) < 4.78 is 5.77. The van der Waals surface area contributed by atoms with Crippen LogP contribution in [0.1, 0.15) is 21.8 Å². The van der Waals surface area contributed by atoms with E-state index >= 15 is 0 Å². The van der Waals surface area contributed by atoms with Crippen LogP contribution in [0.15, 0.2) is 52.4 Å². The van der Waals surface area contributed by atoms with Crippen LogP contribution >= 0.6 is 24.8 Å². The Labute approximate surface area is 130 Å². The molecule has 2 aliphatic carbocycles. The number of rotatable bonds is 2. The fourth-order valence-electron chi connectivity index (χ4n) is 3.51. The molecule has 3 heteroatoms. The Hall–Kier alpha value is -0.266. The predicted molar refractivity (Wildman–Crippen MR) is 84.2 cm³/mol. The summed E-state index contributed by atoms with van der Waals surface area (Å²) in [7, 11) is 0. The summed E-state index contributed by atoms with van der Waals surface area (Å²) in [5.41, 5.74) is 3.10. The van der Waals surface area contributed by atoms with E-state index in [9.17, 15) is 0 Å². The number of hydrogen-bond acceptors (Lipinski definition) is 0. The quantitative estimate of drug-likeness (QED) is 0.633. The molecule has 3 aliphatic rings. The van der Waals surface area contributed by atoms with Gasteiger partial charge in [-0.05, 0) is 0 Å². The summed E-state index contributed by atoms with van der Waals surface area (Å²) in [6, 6.07) is 8.99. The van der Waals surface area contributed by atoms with Gasteiger partial charge in [-0.15, -0.1) is 24.8 Å². The van der Waals surface area contributed by atoms with E-state index in [4.69, 9.17) is 0 Å². The Balaban J connectivity index is 0.000000667. The van der Waals surface area contributed by atoms with Gasteiger partial charge in [0.25, 0.3) is 0 Å². The van der Waals surface area contributed by atoms with Gasteiger partial charge in [-0.3, -0.25) is 0 Å². The first kappa shape index (κ1) is 15.1. The first-order valence-corrected chi connectivity index (χ1v) is 10.4. The Bertz CT molecular complexity index is 568. The van der Waals surface area contributed by atoms with Gasteiger partial charge in [-0.2, -0.15) is 0 Å². The molecule has 0 spiro atoms. The smallest absolute Gasteiger partial charge is 0.147 e. The van der Waals surface area contributed by atoms with E-state index in [2.05, 4.69) is 54.6 Å². The molecule has 1 heterocycles. The summed E-state index contributed by atoms with van der Waals surface area (Å²) in [5, 5.41) is 0. The van der Waals surface area contributed by atoms with Crippen molar-refractivity contribution in [1.29, 1.82) is 0 Å². The summed E-state index contributed by atoms with van der Waals surface area (Å²) in [6.07, 6.45) is 13.2. The minimum Gasteiger partial charge on any atom is -0.147 e. The van der Waals surface area contributed by atoms with Crippen molar-refractivity contribution in [3.63, 3.8) is 0 Å². The van der Waals surface area contributed by atoms with Crippen LogP contribution in [-0.4, -0.2) is 0 Å². The van der Waals surface area contributed by atoms with E-state index in [-0.39, 0.29) is 24.8 Å². The maximum Gasteiger partial charge on any atom is -0.147 e. The van der Waals surface area contributed by atoms with Crippen molar-refractivity contribution < 1.29 is 16.6 Å². The molecular formula is C16H18Cl2Ti. The molecule has 0 N–H and O–H groups in total. The van der Waals surface area contributed by atoms with Gasteiger partial charge in [-0.1, -0.05) is 0 Å². The van der Waals surface area contributed by atoms with Gasteiger partial charge in [0.2, 0.25) is 0 Å². The number of halogens is 2. The molecule has 4 rings (SSSR count). The van der Waals surface area contributed by atoms with E-state index in [1.54, 1.807) is 15.0 Å². The molecule has 1 atom stereocenters. The van der Waals surface area contributed by atoms with Crippen LogP contribution in [0.2, 0.25) is 9.45 Å². The largest absolute Gasteiger partial charge is 0.147 e. The molecular weight excluding hydrogens is 311 g/mol. The Morgan fingerprint density at radius 2 is 1.84 bits per heavy atom. The van der Waals surface area contributed by atoms with Crippen molar-refractivity contribution in [2.24, 2.45) is 0 Å².